The lowest BCUT2D eigenvalue weighted by atomic mass is 10.1. The number of hydrogen-bond donors (Lipinski definition) is 1. The Bertz CT molecular complexity index is 908. The number of urea groups is 1. The molecule has 28 heavy (non-hydrogen) atoms. The summed E-state index contributed by atoms with van der Waals surface area (Å²) in [6.07, 6.45) is 0. The van der Waals surface area contributed by atoms with Crippen LogP contribution >= 0.6 is 0 Å². The normalized spacial score (nSPS) is 15.7. The van der Waals surface area contributed by atoms with Crippen LogP contribution in [0.25, 0.3) is 0 Å². The van der Waals surface area contributed by atoms with Crippen molar-refractivity contribution in [1.29, 1.82) is 0 Å². The van der Waals surface area contributed by atoms with Gasteiger partial charge in [-0.1, -0.05) is 18.2 Å². The molecule has 1 saturated heterocycles. The van der Waals surface area contributed by atoms with Gasteiger partial charge in [0, 0.05) is 30.5 Å². The zero-order valence-electron chi connectivity index (χ0n) is 16.0. The third kappa shape index (κ3) is 3.47. The number of rotatable bonds is 4. The van der Waals surface area contributed by atoms with E-state index in [2.05, 4.69) is 5.32 Å². The van der Waals surface area contributed by atoms with Crippen LogP contribution in [0.4, 0.5) is 16.2 Å². The molecule has 0 radical (unpaired) electrons. The minimum absolute atomic E-state index is 0.0215. The molecule has 0 aromatic heterocycles. The first kappa shape index (κ1) is 18.2. The maximum Gasteiger partial charge on any atom is 0.325 e. The lowest BCUT2D eigenvalue weighted by Gasteiger charge is -2.22. The minimum atomic E-state index is -0.199. The quantitative estimate of drug-likeness (QED) is 0.884. The molecular formula is C21H23N3O4. The standard InChI is InChI=1S/C21H23N3O4/c1-14-4-3-5-15(2)20(14)22-19(25)13-23-8-9-24(21(23)26)16-6-7-17-18(12-16)28-11-10-27-17/h3-7,12H,8-11,13H2,1-2H3,(H,22,25). The number of amides is 3. The summed E-state index contributed by atoms with van der Waals surface area (Å²) in [5.74, 6) is 1.13. The summed E-state index contributed by atoms with van der Waals surface area (Å²) in [5.41, 5.74) is 3.55. The molecule has 0 aliphatic carbocycles. The highest BCUT2D eigenvalue weighted by Gasteiger charge is 2.31. The Morgan fingerprint density at radius 1 is 1.04 bits per heavy atom. The molecule has 146 valence electrons. The molecule has 2 aromatic carbocycles. The van der Waals surface area contributed by atoms with Crippen LogP contribution in [0.2, 0.25) is 0 Å². The zero-order chi connectivity index (χ0) is 19.7. The SMILES string of the molecule is Cc1cccc(C)c1NC(=O)CN1CCN(c2ccc3c(c2)OCCO3)C1=O. The Labute approximate surface area is 163 Å². The van der Waals surface area contributed by atoms with Crippen LogP contribution in [0.1, 0.15) is 11.1 Å². The number of carbonyl (C=O) groups excluding carboxylic acids is 2. The first-order valence-corrected chi connectivity index (χ1v) is 9.35. The van der Waals surface area contributed by atoms with E-state index < -0.39 is 0 Å². The number of aryl methyl sites for hydroxylation is 2. The van der Waals surface area contributed by atoms with Crippen LogP contribution in [0.3, 0.4) is 0 Å². The van der Waals surface area contributed by atoms with Gasteiger partial charge in [-0.25, -0.2) is 4.79 Å². The van der Waals surface area contributed by atoms with E-state index in [0.717, 1.165) is 22.5 Å². The lowest BCUT2D eigenvalue weighted by Crippen LogP contribution is -2.37. The van der Waals surface area contributed by atoms with E-state index in [0.29, 0.717) is 37.8 Å². The fourth-order valence-electron chi connectivity index (χ4n) is 3.53. The predicted octanol–water partition coefficient (Wildman–Crippen LogP) is 2.96. The van der Waals surface area contributed by atoms with Gasteiger partial charge in [0.15, 0.2) is 11.5 Å². The van der Waals surface area contributed by atoms with Gasteiger partial charge in [-0.05, 0) is 37.1 Å². The smallest absolute Gasteiger partial charge is 0.325 e. The zero-order valence-corrected chi connectivity index (χ0v) is 16.0. The molecule has 0 atom stereocenters. The molecule has 4 rings (SSSR count). The van der Waals surface area contributed by atoms with E-state index in [4.69, 9.17) is 9.47 Å². The van der Waals surface area contributed by atoms with Crippen LogP contribution in [-0.4, -0.2) is 49.7 Å². The highest BCUT2D eigenvalue weighted by Crippen LogP contribution is 2.35. The molecule has 2 aromatic rings. The van der Waals surface area contributed by atoms with Crippen molar-refractivity contribution in [2.24, 2.45) is 0 Å². The van der Waals surface area contributed by atoms with Gasteiger partial charge < -0.3 is 19.7 Å². The second-order valence-electron chi connectivity index (χ2n) is 7.00. The third-order valence-corrected chi connectivity index (χ3v) is 5.01. The van der Waals surface area contributed by atoms with Gasteiger partial charge in [-0.3, -0.25) is 9.69 Å². The molecule has 7 heteroatoms. The number of hydrogen-bond acceptors (Lipinski definition) is 4. The van der Waals surface area contributed by atoms with Crippen molar-refractivity contribution in [3.05, 3.63) is 47.5 Å². The minimum Gasteiger partial charge on any atom is -0.486 e. The Kier molecular flexibility index (Phi) is 4.81. The van der Waals surface area contributed by atoms with Crippen molar-refractivity contribution in [1.82, 2.24) is 4.90 Å². The molecule has 2 aliphatic rings. The molecule has 3 amide bonds. The number of para-hydroxylation sites is 1. The van der Waals surface area contributed by atoms with Crippen molar-refractivity contribution < 1.29 is 19.1 Å². The van der Waals surface area contributed by atoms with E-state index in [1.54, 1.807) is 9.80 Å². The maximum atomic E-state index is 12.8. The van der Waals surface area contributed by atoms with E-state index in [1.807, 2.05) is 50.2 Å². The van der Waals surface area contributed by atoms with E-state index in [1.165, 1.54) is 0 Å². The van der Waals surface area contributed by atoms with Gasteiger partial charge >= 0.3 is 6.03 Å². The van der Waals surface area contributed by atoms with Gasteiger partial charge in [-0.2, -0.15) is 0 Å². The van der Waals surface area contributed by atoms with E-state index >= 15 is 0 Å². The monoisotopic (exact) mass is 381 g/mol. The topological polar surface area (TPSA) is 71.1 Å². The van der Waals surface area contributed by atoms with Gasteiger partial charge in [-0.15, -0.1) is 0 Å². The van der Waals surface area contributed by atoms with Crippen molar-refractivity contribution in [3.63, 3.8) is 0 Å². The summed E-state index contributed by atoms with van der Waals surface area (Å²) in [6.45, 7) is 5.96. The number of carbonyl (C=O) groups is 2. The predicted molar refractivity (Wildman–Crippen MR) is 106 cm³/mol. The summed E-state index contributed by atoms with van der Waals surface area (Å²) in [5, 5.41) is 2.93. The molecule has 2 heterocycles. The van der Waals surface area contributed by atoms with Gasteiger partial charge in [0.05, 0.1) is 0 Å². The van der Waals surface area contributed by atoms with Crippen LogP contribution in [0.5, 0.6) is 11.5 Å². The lowest BCUT2D eigenvalue weighted by molar-refractivity contribution is -0.116. The Balaban J connectivity index is 1.42. The fraction of sp³-hybridized carbons (Fsp3) is 0.333. The molecule has 1 fully saturated rings. The molecular weight excluding hydrogens is 358 g/mol. The fourth-order valence-corrected chi connectivity index (χ4v) is 3.53. The Morgan fingerprint density at radius 2 is 1.75 bits per heavy atom. The first-order chi connectivity index (χ1) is 13.5. The van der Waals surface area contributed by atoms with Crippen molar-refractivity contribution >= 4 is 23.3 Å². The molecule has 2 aliphatic heterocycles. The van der Waals surface area contributed by atoms with Crippen LogP contribution in [0.15, 0.2) is 36.4 Å². The Hall–Kier alpha value is -3.22. The Morgan fingerprint density at radius 3 is 2.50 bits per heavy atom. The summed E-state index contributed by atoms with van der Waals surface area (Å²) < 4.78 is 11.1. The average molecular weight is 381 g/mol. The first-order valence-electron chi connectivity index (χ1n) is 9.35. The van der Waals surface area contributed by atoms with Crippen LogP contribution in [-0.2, 0) is 4.79 Å². The van der Waals surface area contributed by atoms with E-state index in [9.17, 15) is 9.59 Å². The number of anilines is 2. The second-order valence-corrected chi connectivity index (χ2v) is 7.00. The summed E-state index contributed by atoms with van der Waals surface area (Å²) in [4.78, 5) is 28.5. The van der Waals surface area contributed by atoms with Gasteiger partial charge in [0.1, 0.15) is 19.8 Å². The molecule has 1 N–H and O–H groups in total. The summed E-state index contributed by atoms with van der Waals surface area (Å²) in [7, 11) is 0. The maximum absolute atomic E-state index is 12.8. The van der Waals surface area contributed by atoms with Crippen molar-refractivity contribution in [2.45, 2.75) is 13.8 Å². The molecule has 7 nitrogen and oxygen atoms in total. The number of fused-ring (bicyclic) bond motifs is 1. The highest BCUT2D eigenvalue weighted by atomic mass is 16.6. The number of nitrogens with one attached hydrogen (secondary N) is 1. The number of benzene rings is 2. The van der Waals surface area contributed by atoms with E-state index in [-0.39, 0.29) is 18.5 Å². The van der Waals surface area contributed by atoms with Crippen LogP contribution in [0, 0.1) is 13.8 Å². The summed E-state index contributed by atoms with van der Waals surface area (Å²) in [6, 6.07) is 11.1. The molecule has 0 spiro atoms. The highest BCUT2D eigenvalue weighted by molar-refractivity contribution is 6.00. The third-order valence-electron chi connectivity index (χ3n) is 5.01. The number of ether oxygens (including phenoxy) is 2. The molecule has 0 saturated carbocycles. The summed E-state index contributed by atoms with van der Waals surface area (Å²) >= 11 is 0. The second kappa shape index (κ2) is 7.42. The largest absolute Gasteiger partial charge is 0.486 e. The number of nitrogens with zero attached hydrogens (tertiary/aromatic N) is 2. The van der Waals surface area contributed by atoms with Crippen LogP contribution < -0.4 is 19.7 Å². The average Bonchev–Trinajstić information content (AvgIpc) is 3.05. The van der Waals surface area contributed by atoms with Gasteiger partial charge in [0.25, 0.3) is 0 Å². The van der Waals surface area contributed by atoms with Crippen molar-refractivity contribution in [2.75, 3.05) is 43.1 Å². The van der Waals surface area contributed by atoms with Crippen molar-refractivity contribution in [3.8, 4) is 11.5 Å². The molecule has 0 bridgehead atoms. The van der Waals surface area contributed by atoms with Gasteiger partial charge in [0.2, 0.25) is 5.91 Å². The molecule has 0 unspecified atom stereocenters.